The molecule has 2 nitrogen and oxygen atoms in total. The van der Waals surface area contributed by atoms with Gasteiger partial charge in [0, 0.05) is 10.0 Å². The van der Waals surface area contributed by atoms with Gasteiger partial charge in [0.15, 0.2) is 6.61 Å². The van der Waals surface area contributed by atoms with Gasteiger partial charge < -0.3 is 4.74 Å². The molecule has 0 aliphatic carbocycles. The molecule has 0 amide bonds. The first-order valence-corrected chi connectivity index (χ1v) is 7.40. The molecule has 0 aliphatic rings. The molecule has 0 fully saturated rings. The molecule has 0 atom stereocenters. The van der Waals surface area contributed by atoms with E-state index in [0.717, 1.165) is 10.0 Å². The van der Waals surface area contributed by atoms with E-state index in [1.54, 1.807) is 30.3 Å². The van der Waals surface area contributed by atoms with Gasteiger partial charge in [0.2, 0.25) is 5.78 Å². The molecule has 0 heterocycles. The van der Waals surface area contributed by atoms with Gasteiger partial charge in [-0.25, -0.2) is 0 Å². The Labute approximate surface area is 135 Å². The average molecular weight is 374 g/mol. The van der Waals surface area contributed by atoms with Crippen LogP contribution >= 0.6 is 39.1 Å². The second-order valence-corrected chi connectivity index (χ2v) is 5.96. The van der Waals surface area contributed by atoms with Crippen LogP contribution in [-0.4, -0.2) is 12.4 Å². The maximum absolute atomic E-state index is 12.1. The Bertz CT molecular complexity index is 633. The summed E-state index contributed by atoms with van der Waals surface area (Å²) in [4.78, 5) is 12.1. The number of carbonyl (C=O) groups excluding carboxylic acids is 1. The summed E-state index contributed by atoms with van der Waals surface area (Å²) in [7, 11) is 0. The van der Waals surface area contributed by atoms with Crippen molar-refractivity contribution in [3.63, 3.8) is 0 Å². The first-order chi connectivity index (χ1) is 9.49. The Morgan fingerprint density at radius 1 is 1.20 bits per heavy atom. The maximum Gasteiger partial charge on any atom is 0.201 e. The lowest BCUT2D eigenvalue weighted by Crippen LogP contribution is -2.12. The van der Waals surface area contributed by atoms with Crippen LogP contribution in [0.25, 0.3) is 0 Å². The highest BCUT2D eigenvalue weighted by Crippen LogP contribution is 2.32. The quantitative estimate of drug-likeness (QED) is 0.677. The molecule has 2 aromatic rings. The van der Waals surface area contributed by atoms with E-state index in [2.05, 4.69) is 15.9 Å². The van der Waals surface area contributed by atoms with Gasteiger partial charge in [0.25, 0.3) is 0 Å². The van der Waals surface area contributed by atoms with E-state index >= 15 is 0 Å². The zero-order valence-corrected chi connectivity index (χ0v) is 13.7. The van der Waals surface area contributed by atoms with Crippen LogP contribution in [0.5, 0.6) is 5.75 Å². The number of ketones is 1. The Balaban J connectivity index is 2.14. The van der Waals surface area contributed by atoms with Crippen molar-refractivity contribution < 1.29 is 9.53 Å². The van der Waals surface area contributed by atoms with Crippen LogP contribution in [-0.2, 0) is 0 Å². The molecule has 2 rings (SSSR count). The molecule has 0 spiro atoms. The fraction of sp³-hybridized carbons (Fsp3) is 0.133. The molecule has 0 saturated carbocycles. The summed E-state index contributed by atoms with van der Waals surface area (Å²) in [5.41, 5.74) is 1.30. The molecular weight excluding hydrogens is 363 g/mol. The number of benzene rings is 2. The third kappa shape index (κ3) is 3.54. The molecule has 0 saturated heterocycles. The number of hydrogen-bond acceptors (Lipinski definition) is 2. The van der Waals surface area contributed by atoms with Crippen LogP contribution in [0.3, 0.4) is 0 Å². The van der Waals surface area contributed by atoms with E-state index < -0.39 is 0 Å². The van der Waals surface area contributed by atoms with Crippen molar-refractivity contribution in [2.24, 2.45) is 0 Å². The Hall–Kier alpha value is -1.03. The zero-order valence-electron chi connectivity index (χ0n) is 10.6. The van der Waals surface area contributed by atoms with E-state index in [0.29, 0.717) is 21.4 Å². The van der Waals surface area contributed by atoms with Crippen molar-refractivity contribution in [1.29, 1.82) is 0 Å². The van der Waals surface area contributed by atoms with Crippen LogP contribution in [0.2, 0.25) is 10.0 Å². The van der Waals surface area contributed by atoms with Gasteiger partial charge >= 0.3 is 0 Å². The standard InChI is InChI=1S/C15H11BrCl2O2/c1-9-6-10(16)7-13(18)15(9)20-8-14(19)11-4-2-3-5-12(11)17/h2-7H,8H2,1H3. The molecule has 0 bridgehead atoms. The van der Waals surface area contributed by atoms with Gasteiger partial charge in [-0.05, 0) is 36.8 Å². The number of hydrogen-bond donors (Lipinski definition) is 0. The van der Waals surface area contributed by atoms with E-state index in [9.17, 15) is 4.79 Å². The van der Waals surface area contributed by atoms with Gasteiger partial charge in [-0.15, -0.1) is 0 Å². The summed E-state index contributed by atoms with van der Waals surface area (Å²) in [5, 5.41) is 0.878. The summed E-state index contributed by atoms with van der Waals surface area (Å²) in [6, 6.07) is 10.5. The van der Waals surface area contributed by atoms with E-state index in [-0.39, 0.29) is 12.4 Å². The highest BCUT2D eigenvalue weighted by atomic mass is 79.9. The molecule has 0 aliphatic heterocycles. The summed E-state index contributed by atoms with van der Waals surface area (Å²) in [6.07, 6.45) is 0. The number of carbonyl (C=O) groups is 1. The maximum atomic E-state index is 12.1. The molecule has 0 radical (unpaired) electrons. The van der Waals surface area contributed by atoms with Crippen LogP contribution in [0.15, 0.2) is 40.9 Å². The monoisotopic (exact) mass is 372 g/mol. The largest absolute Gasteiger partial charge is 0.484 e. The first kappa shape index (κ1) is 15.4. The number of aryl methyl sites for hydroxylation is 1. The molecule has 0 aromatic heterocycles. The van der Waals surface area contributed by atoms with E-state index in [1.807, 2.05) is 13.0 Å². The van der Waals surface area contributed by atoms with E-state index in [4.69, 9.17) is 27.9 Å². The normalized spacial score (nSPS) is 10.4. The second-order valence-electron chi connectivity index (χ2n) is 4.23. The second kappa shape index (κ2) is 6.61. The number of rotatable bonds is 4. The minimum Gasteiger partial charge on any atom is -0.484 e. The molecule has 0 N–H and O–H groups in total. The number of halogens is 3. The van der Waals surface area contributed by atoms with Crippen molar-refractivity contribution >= 4 is 44.9 Å². The molecule has 2 aromatic carbocycles. The molecule has 0 unspecified atom stereocenters. The van der Waals surface area contributed by atoms with Crippen molar-refractivity contribution in [1.82, 2.24) is 0 Å². The topological polar surface area (TPSA) is 26.3 Å². The highest BCUT2D eigenvalue weighted by molar-refractivity contribution is 9.10. The van der Waals surface area contributed by atoms with Crippen LogP contribution in [0.1, 0.15) is 15.9 Å². The lowest BCUT2D eigenvalue weighted by Gasteiger charge is -2.11. The Kier molecular flexibility index (Phi) is 5.08. The predicted molar refractivity (Wildman–Crippen MR) is 85.2 cm³/mol. The predicted octanol–water partition coefficient (Wildman–Crippen LogP) is 5.33. The minimum atomic E-state index is -0.186. The smallest absolute Gasteiger partial charge is 0.201 e. The molecular formula is C15H11BrCl2O2. The summed E-state index contributed by atoms with van der Waals surface area (Å²) >= 11 is 15.4. The van der Waals surface area contributed by atoms with Crippen LogP contribution < -0.4 is 4.74 Å². The van der Waals surface area contributed by atoms with Gasteiger partial charge in [0.1, 0.15) is 5.75 Å². The summed E-state index contributed by atoms with van der Waals surface area (Å²) < 4.78 is 6.40. The van der Waals surface area contributed by atoms with Crippen LogP contribution in [0, 0.1) is 6.92 Å². The van der Waals surface area contributed by atoms with Crippen molar-refractivity contribution in [2.45, 2.75) is 6.92 Å². The fourth-order valence-electron chi connectivity index (χ4n) is 1.77. The Morgan fingerprint density at radius 3 is 2.55 bits per heavy atom. The minimum absolute atomic E-state index is 0.105. The lowest BCUT2D eigenvalue weighted by atomic mass is 10.1. The highest BCUT2D eigenvalue weighted by Gasteiger charge is 2.13. The van der Waals surface area contributed by atoms with Crippen molar-refractivity contribution in [3.8, 4) is 5.75 Å². The van der Waals surface area contributed by atoms with Gasteiger partial charge in [-0.2, -0.15) is 0 Å². The van der Waals surface area contributed by atoms with Gasteiger partial charge in [-0.3, -0.25) is 4.79 Å². The third-order valence-electron chi connectivity index (χ3n) is 2.72. The third-order valence-corrected chi connectivity index (χ3v) is 3.78. The summed E-state index contributed by atoms with van der Waals surface area (Å²) in [5.74, 6) is 0.323. The molecule has 5 heteroatoms. The average Bonchev–Trinajstić information content (AvgIpc) is 2.37. The van der Waals surface area contributed by atoms with Crippen molar-refractivity contribution in [2.75, 3.05) is 6.61 Å². The van der Waals surface area contributed by atoms with Gasteiger partial charge in [-0.1, -0.05) is 51.3 Å². The van der Waals surface area contributed by atoms with Crippen molar-refractivity contribution in [3.05, 3.63) is 62.0 Å². The van der Waals surface area contributed by atoms with E-state index in [1.165, 1.54) is 0 Å². The molecule has 104 valence electrons. The first-order valence-electron chi connectivity index (χ1n) is 5.85. The fourth-order valence-corrected chi connectivity index (χ4v) is 3.04. The van der Waals surface area contributed by atoms with Crippen LogP contribution in [0.4, 0.5) is 0 Å². The SMILES string of the molecule is Cc1cc(Br)cc(Cl)c1OCC(=O)c1ccccc1Cl. The zero-order chi connectivity index (χ0) is 14.7. The lowest BCUT2D eigenvalue weighted by molar-refractivity contribution is 0.0921. The summed E-state index contributed by atoms with van der Waals surface area (Å²) in [6.45, 7) is 1.76. The Morgan fingerprint density at radius 2 is 1.90 bits per heavy atom. The number of Topliss-reactive ketones (excluding diaryl/α,β-unsaturated/α-hetero) is 1. The number of ether oxygens (including phenoxy) is 1. The molecule has 20 heavy (non-hydrogen) atoms. The van der Waals surface area contributed by atoms with Gasteiger partial charge in [0.05, 0.1) is 10.0 Å².